The number of carbonyl (C=O) groups excluding carboxylic acids is 2. The largest absolute Gasteiger partial charge is 0.487 e. The van der Waals surface area contributed by atoms with Crippen LogP contribution in [0.4, 0.5) is 5.69 Å². The summed E-state index contributed by atoms with van der Waals surface area (Å²) in [6.07, 6.45) is 2.98. The summed E-state index contributed by atoms with van der Waals surface area (Å²) in [5.41, 5.74) is 1.28. The van der Waals surface area contributed by atoms with E-state index in [-0.39, 0.29) is 29.5 Å². The molecule has 3 rings (SSSR count). The van der Waals surface area contributed by atoms with Gasteiger partial charge in [0, 0.05) is 18.7 Å². The average Bonchev–Trinajstić information content (AvgIpc) is 2.74. The number of non-ortho nitro benzene ring substituents is 1. The zero-order valence-electron chi connectivity index (χ0n) is 16.3. The molecule has 1 saturated heterocycles. The smallest absolute Gasteiger partial charge is 0.269 e. The molecule has 32 heavy (non-hydrogen) atoms. The van der Waals surface area contributed by atoms with Gasteiger partial charge in [-0.1, -0.05) is 6.08 Å². The number of carbonyl (C=O) groups is 2. The van der Waals surface area contributed by atoms with E-state index in [9.17, 15) is 19.7 Å². The highest BCUT2D eigenvalue weighted by Crippen LogP contribution is 2.36. The van der Waals surface area contributed by atoms with Gasteiger partial charge in [0.15, 0.2) is 5.11 Å². The van der Waals surface area contributed by atoms with Gasteiger partial charge in [-0.05, 0) is 85.5 Å². The normalized spacial score (nSPS) is 15.0. The molecule has 1 fully saturated rings. The Kier molecular flexibility index (Phi) is 7.54. The van der Waals surface area contributed by atoms with Crippen LogP contribution in [0.25, 0.3) is 6.08 Å². The highest BCUT2D eigenvalue weighted by atomic mass is 79.9. The third-order valence-electron chi connectivity index (χ3n) is 4.36. The van der Waals surface area contributed by atoms with Crippen LogP contribution in [-0.4, -0.2) is 33.3 Å². The van der Waals surface area contributed by atoms with Gasteiger partial charge in [0.05, 0.1) is 13.9 Å². The number of hydrogen-bond donors (Lipinski definition) is 1. The second-order valence-electron chi connectivity index (χ2n) is 6.55. The predicted octanol–water partition coefficient (Wildman–Crippen LogP) is 4.51. The third-order valence-corrected chi connectivity index (χ3v) is 5.86. The van der Waals surface area contributed by atoms with Crippen LogP contribution in [0, 0.1) is 10.1 Å². The third kappa shape index (κ3) is 5.29. The van der Waals surface area contributed by atoms with Gasteiger partial charge in [-0.3, -0.25) is 29.9 Å². The van der Waals surface area contributed by atoms with Crippen LogP contribution in [0.5, 0.6) is 5.75 Å². The molecule has 0 radical (unpaired) electrons. The zero-order valence-corrected chi connectivity index (χ0v) is 20.3. The van der Waals surface area contributed by atoms with Gasteiger partial charge in [0.25, 0.3) is 17.5 Å². The number of nitrogens with one attached hydrogen (secondary N) is 1. The summed E-state index contributed by atoms with van der Waals surface area (Å²) in [4.78, 5) is 36.5. The molecule has 2 amide bonds. The molecule has 0 spiro atoms. The summed E-state index contributed by atoms with van der Waals surface area (Å²) in [5.74, 6) is -0.588. The molecule has 1 aliphatic rings. The number of nitro benzene ring substituents is 1. The Bertz CT molecular complexity index is 1140. The molecule has 1 N–H and O–H groups in total. The molecule has 164 valence electrons. The first kappa shape index (κ1) is 23.8. The Hall–Kier alpha value is -2.89. The lowest BCUT2D eigenvalue weighted by molar-refractivity contribution is -0.384. The highest BCUT2D eigenvalue weighted by molar-refractivity contribution is 9.11. The molecular formula is C21H15Br2N3O5S. The first-order valence-corrected chi connectivity index (χ1v) is 11.1. The van der Waals surface area contributed by atoms with Crippen molar-refractivity contribution in [2.24, 2.45) is 0 Å². The number of benzene rings is 2. The topological polar surface area (TPSA) is 102 Å². The molecule has 0 aliphatic carbocycles. The van der Waals surface area contributed by atoms with Crippen molar-refractivity contribution < 1.29 is 19.2 Å². The number of ether oxygens (including phenoxy) is 1. The molecule has 0 unspecified atom stereocenters. The Morgan fingerprint density at radius 3 is 2.38 bits per heavy atom. The molecule has 0 aromatic heterocycles. The van der Waals surface area contributed by atoms with Crippen LogP contribution in [0.15, 0.2) is 63.6 Å². The minimum Gasteiger partial charge on any atom is -0.487 e. The summed E-state index contributed by atoms with van der Waals surface area (Å²) < 4.78 is 7.01. The van der Waals surface area contributed by atoms with E-state index in [1.807, 2.05) is 0 Å². The van der Waals surface area contributed by atoms with Crippen molar-refractivity contribution in [2.75, 3.05) is 6.54 Å². The summed E-state index contributed by atoms with van der Waals surface area (Å²) in [6, 6.07) is 9.46. The maximum Gasteiger partial charge on any atom is 0.269 e. The maximum absolute atomic E-state index is 12.7. The van der Waals surface area contributed by atoms with Crippen LogP contribution in [-0.2, 0) is 16.2 Å². The molecule has 2 aromatic carbocycles. The SMILES string of the molecule is C=CCN1C(=O)/C(=C/c2cc(Br)c(OCc3ccc([N+](=O)[O-])cc3)c(Br)c2)C(=O)NC1=S. The molecule has 8 nitrogen and oxygen atoms in total. The van der Waals surface area contributed by atoms with Gasteiger partial charge in [0.2, 0.25) is 0 Å². The van der Waals surface area contributed by atoms with Gasteiger partial charge in [-0.25, -0.2) is 0 Å². The maximum atomic E-state index is 12.7. The molecule has 0 bridgehead atoms. The van der Waals surface area contributed by atoms with E-state index in [2.05, 4.69) is 43.8 Å². The van der Waals surface area contributed by atoms with Crippen LogP contribution in [0.2, 0.25) is 0 Å². The summed E-state index contributed by atoms with van der Waals surface area (Å²) in [5, 5.41) is 13.3. The fourth-order valence-electron chi connectivity index (χ4n) is 2.83. The lowest BCUT2D eigenvalue weighted by atomic mass is 10.1. The highest BCUT2D eigenvalue weighted by Gasteiger charge is 2.32. The summed E-state index contributed by atoms with van der Waals surface area (Å²) >= 11 is 11.9. The average molecular weight is 581 g/mol. The molecule has 0 atom stereocenters. The first-order chi connectivity index (χ1) is 15.2. The zero-order chi connectivity index (χ0) is 23.4. The summed E-state index contributed by atoms with van der Waals surface area (Å²) in [6.45, 7) is 3.96. The van der Waals surface area contributed by atoms with Crippen molar-refractivity contribution in [3.8, 4) is 5.75 Å². The Balaban J connectivity index is 1.81. The number of nitro groups is 1. The first-order valence-electron chi connectivity index (χ1n) is 9.06. The van der Waals surface area contributed by atoms with Gasteiger partial charge < -0.3 is 4.74 Å². The number of nitrogens with zero attached hydrogens (tertiary/aromatic N) is 2. The second-order valence-corrected chi connectivity index (χ2v) is 8.64. The molecule has 0 saturated carbocycles. The lowest BCUT2D eigenvalue weighted by Crippen LogP contribution is -2.53. The number of thiocarbonyl (C=S) groups is 1. The van der Waals surface area contributed by atoms with Gasteiger partial charge >= 0.3 is 0 Å². The van der Waals surface area contributed by atoms with Crippen LogP contribution < -0.4 is 10.1 Å². The molecule has 1 heterocycles. The van der Waals surface area contributed by atoms with E-state index in [1.165, 1.54) is 29.2 Å². The molecule has 2 aromatic rings. The van der Waals surface area contributed by atoms with E-state index >= 15 is 0 Å². The number of amides is 2. The van der Waals surface area contributed by atoms with Crippen molar-refractivity contribution in [2.45, 2.75) is 6.61 Å². The molecular weight excluding hydrogens is 566 g/mol. The molecule has 1 aliphatic heterocycles. The van der Waals surface area contributed by atoms with Crippen molar-refractivity contribution in [3.05, 3.63) is 84.8 Å². The van der Waals surface area contributed by atoms with Crippen molar-refractivity contribution in [3.63, 3.8) is 0 Å². The van der Waals surface area contributed by atoms with Gasteiger partial charge in [0.1, 0.15) is 17.9 Å². The second kappa shape index (κ2) is 10.2. The monoisotopic (exact) mass is 579 g/mol. The fraction of sp³-hybridized carbons (Fsp3) is 0.0952. The minimum absolute atomic E-state index is 0.00205. The van der Waals surface area contributed by atoms with Gasteiger partial charge in [-0.15, -0.1) is 6.58 Å². The van der Waals surface area contributed by atoms with E-state index in [4.69, 9.17) is 17.0 Å². The van der Waals surface area contributed by atoms with E-state index < -0.39 is 16.7 Å². The standard InChI is InChI=1S/C21H15Br2N3O5S/c1-2-7-25-20(28)15(19(27)24-21(25)32)8-13-9-16(22)18(17(23)10-13)31-11-12-3-5-14(6-4-12)26(29)30/h2-6,8-10H,1,7,11H2,(H,24,27,32)/b15-8+. The van der Waals surface area contributed by atoms with Crippen molar-refractivity contribution in [1.82, 2.24) is 10.2 Å². The van der Waals surface area contributed by atoms with Crippen LogP contribution in [0.1, 0.15) is 11.1 Å². The number of hydrogen-bond acceptors (Lipinski definition) is 6. The number of rotatable bonds is 7. The Morgan fingerprint density at radius 2 is 1.81 bits per heavy atom. The lowest BCUT2D eigenvalue weighted by Gasteiger charge is -2.27. The Morgan fingerprint density at radius 1 is 1.19 bits per heavy atom. The quantitative estimate of drug-likeness (QED) is 0.129. The Labute approximate surface area is 205 Å². The van der Waals surface area contributed by atoms with Crippen molar-refractivity contribution in [1.29, 1.82) is 0 Å². The summed E-state index contributed by atoms with van der Waals surface area (Å²) in [7, 11) is 0. The van der Waals surface area contributed by atoms with E-state index in [0.29, 0.717) is 20.3 Å². The van der Waals surface area contributed by atoms with Gasteiger partial charge in [-0.2, -0.15) is 0 Å². The van der Waals surface area contributed by atoms with E-state index in [1.54, 1.807) is 24.3 Å². The van der Waals surface area contributed by atoms with E-state index in [0.717, 1.165) is 5.56 Å². The van der Waals surface area contributed by atoms with Crippen LogP contribution >= 0.6 is 44.1 Å². The fourth-order valence-corrected chi connectivity index (χ4v) is 4.53. The van der Waals surface area contributed by atoms with Crippen molar-refractivity contribution >= 4 is 72.8 Å². The number of halogens is 2. The minimum atomic E-state index is -0.578. The van der Waals surface area contributed by atoms with Crippen LogP contribution in [0.3, 0.4) is 0 Å². The predicted molar refractivity (Wildman–Crippen MR) is 130 cm³/mol. The molecule has 11 heteroatoms.